The molecule has 2 N–H and O–H groups in total. The number of thioether (sulfide) groups is 1. The van der Waals surface area contributed by atoms with Gasteiger partial charge in [0.15, 0.2) is 0 Å². The van der Waals surface area contributed by atoms with Gasteiger partial charge in [0.2, 0.25) is 0 Å². The van der Waals surface area contributed by atoms with Crippen LogP contribution in [0.1, 0.15) is 10.4 Å². The normalized spacial score (nSPS) is 22.2. The fourth-order valence-corrected chi connectivity index (χ4v) is 2.63. The van der Waals surface area contributed by atoms with E-state index in [4.69, 9.17) is 5.21 Å². The highest BCUT2D eigenvalue weighted by atomic mass is 32.2. The van der Waals surface area contributed by atoms with Gasteiger partial charge in [-0.15, -0.1) is 0 Å². The summed E-state index contributed by atoms with van der Waals surface area (Å²) >= 11 is 1.65. The van der Waals surface area contributed by atoms with E-state index in [0.29, 0.717) is 17.0 Å². The zero-order valence-electron chi connectivity index (χ0n) is 8.59. The van der Waals surface area contributed by atoms with E-state index in [2.05, 4.69) is 10.5 Å². The molecule has 1 fully saturated rings. The summed E-state index contributed by atoms with van der Waals surface area (Å²) < 4.78 is 0. The number of nitrogens with zero attached hydrogens (tertiary/aromatic N) is 1. The minimum atomic E-state index is -0.150. The highest BCUT2D eigenvalue weighted by Crippen LogP contribution is 2.15. The average Bonchev–Trinajstić information content (AvgIpc) is 2.77. The van der Waals surface area contributed by atoms with Gasteiger partial charge in [-0.1, -0.05) is 23.4 Å². The molecular formula is C11H12N2O2S. The second-order valence-electron chi connectivity index (χ2n) is 3.50. The summed E-state index contributed by atoms with van der Waals surface area (Å²) in [7, 11) is 0. The number of nitrogens with one attached hydrogen (secondary N) is 1. The van der Waals surface area contributed by atoms with Crippen LogP contribution in [0.2, 0.25) is 0 Å². The van der Waals surface area contributed by atoms with Gasteiger partial charge in [0.1, 0.15) is 0 Å². The maximum absolute atomic E-state index is 11.8. The first kappa shape index (κ1) is 11.0. The van der Waals surface area contributed by atoms with Gasteiger partial charge < -0.3 is 10.5 Å². The topological polar surface area (TPSA) is 61.7 Å². The zero-order chi connectivity index (χ0) is 11.4. The second kappa shape index (κ2) is 5.03. The van der Waals surface area contributed by atoms with E-state index in [0.717, 1.165) is 5.75 Å². The van der Waals surface area contributed by atoms with Gasteiger partial charge >= 0.3 is 0 Å². The number of carbonyl (C=O) groups is 1. The van der Waals surface area contributed by atoms with Crippen LogP contribution in [0.4, 0.5) is 0 Å². The lowest BCUT2D eigenvalue weighted by molar-refractivity contribution is 0.0949. The van der Waals surface area contributed by atoms with Gasteiger partial charge in [-0.25, -0.2) is 0 Å². The Hall–Kier alpha value is -1.49. The fourth-order valence-electron chi connectivity index (χ4n) is 1.53. The Bertz CT molecular complexity index is 406. The minimum Gasteiger partial charge on any atom is -0.411 e. The standard InChI is InChI=1S/C11H12N2O2S/c14-11(8-4-2-1-3-5-8)12-9-6-16-7-10(9)13-15/h1-5,9,15H,6-7H2,(H,12,14)/t9-/m0/s1. The quantitative estimate of drug-likeness (QED) is 0.602. The molecule has 0 bridgehead atoms. The third kappa shape index (κ3) is 2.36. The summed E-state index contributed by atoms with van der Waals surface area (Å²) in [4.78, 5) is 11.8. The second-order valence-corrected chi connectivity index (χ2v) is 4.53. The first-order valence-electron chi connectivity index (χ1n) is 4.95. The van der Waals surface area contributed by atoms with Gasteiger partial charge in [-0.05, 0) is 12.1 Å². The Morgan fingerprint density at radius 2 is 2.19 bits per heavy atom. The highest BCUT2D eigenvalue weighted by molar-refractivity contribution is 8.00. The van der Waals surface area contributed by atoms with E-state index in [1.165, 1.54) is 0 Å². The van der Waals surface area contributed by atoms with Crippen molar-refractivity contribution < 1.29 is 10.0 Å². The summed E-state index contributed by atoms with van der Waals surface area (Å²) in [6, 6.07) is 8.87. The van der Waals surface area contributed by atoms with Crippen LogP contribution >= 0.6 is 11.8 Å². The largest absolute Gasteiger partial charge is 0.411 e. The van der Waals surface area contributed by atoms with Gasteiger partial charge in [-0.2, -0.15) is 11.8 Å². The van der Waals surface area contributed by atoms with Crippen LogP contribution in [0.5, 0.6) is 0 Å². The summed E-state index contributed by atoms with van der Waals surface area (Å²) in [6.07, 6.45) is 0. The number of amides is 1. The number of benzene rings is 1. The predicted molar refractivity (Wildman–Crippen MR) is 64.2 cm³/mol. The summed E-state index contributed by atoms with van der Waals surface area (Å²) in [5.74, 6) is 1.31. The molecule has 84 valence electrons. The predicted octanol–water partition coefficient (Wildman–Crippen LogP) is 1.36. The van der Waals surface area contributed by atoms with E-state index >= 15 is 0 Å². The lowest BCUT2D eigenvalue weighted by Gasteiger charge is -2.11. The zero-order valence-corrected chi connectivity index (χ0v) is 9.41. The number of hydrogen-bond donors (Lipinski definition) is 2. The molecule has 1 aromatic carbocycles. The smallest absolute Gasteiger partial charge is 0.251 e. The van der Waals surface area contributed by atoms with Gasteiger partial charge in [-0.3, -0.25) is 4.79 Å². The van der Waals surface area contributed by atoms with Crippen LogP contribution in [0, 0.1) is 0 Å². The first-order valence-corrected chi connectivity index (χ1v) is 6.11. The molecule has 0 saturated carbocycles. The lowest BCUT2D eigenvalue weighted by atomic mass is 10.2. The Morgan fingerprint density at radius 3 is 2.88 bits per heavy atom. The Labute approximate surface area is 97.7 Å². The number of rotatable bonds is 2. The fraction of sp³-hybridized carbons (Fsp3) is 0.273. The minimum absolute atomic E-state index is 0.130. The molecule has 0 unspecified atom stereocenters. The molecule has 1 heterocycles. The van der Waals surface area contributed by atoms with Crippen molar-refractivity contribution in [1.82, 2.24) is 5.32 Å². The molecule has 2 rings (SSSR count). The Morgan fingerprint density at radius 1 is 1.44 bits per heavy atom. The molecular weight excluding hydrogens is 224 g/mol. The van der Waals surface area contributed by atoms with Crippen molar-refractivity contribution >= 4 is 23.4 Å². The number of carbonyl (C=O) groups excluding carboxylic acids is 1. The van der Waals surface area contributed by atoms with Crippen LogP contribution in [0.3, 0.4) is 0 Å². The Kier molecular flexibility index (Phi) is 3.46. The molecule has 1 aromatic rings. The van der Waals surface area contributed by atoms with E-state index in [1.807, 2.05) is 18.2 Å². The van der Waals surface area contributed by atoms with Crippen LogP contribution in [-0.4, -0.2) is 34.4 Å². The molecule has 1 amide bonds. The first-order chi connectivity index (χ1) is 7.81. The third-order valence-corrected chi connectivity index (χ3v) is 3.48. The molecule has 1 saturated heterocycles. The van der Waals surface area contributed by atoms with E-state index in [-0.39, 0.29) is 11.9 Å². The van der Waals surface area contributed by atoms with Gasteiger partial charge in [0, 0.05) is 17.1 Å². The molecule has 16 heavy (non-hydrogen) atoms. The molecule has 0 aliphatic carbocycles. The van der Waals surface area contributed by atoms with Crippen molar-refractivity contribution in [3.63, 3.8) is 0 Å². The van der Waals surface area contributed by atoms with Gasteiger partial charge in [0.25, 0.3) is 5.91 Å². The van der Waals surface area contributed by atoms with Crippen LogP contribution in [0.15, 0.2) is 35.5 Å². The van der Waals surface area contributed by atoms with Crippen molar-refractivity contribution in [3.8, 4) is 0 Å². The van der Waals surface area contributed by atoms with Gasteiger partial charge in [0.05, 0.1) is 11.8 Å². The van der Waals surface area contributed by atoms with E-state index in [1.54, 1.807) is 23.9 Å². The number of hydrogen-bond acceptors (Lipinski definition) is 4. The molecule has 0 spiro atoms. The van der Waals surface area contributed by atoms with Crippen LogP contribution in [-0.2, 0) is 0 Å². The molecule has 1 aliphatic rings. The lowest BCUT2D eigenvalue weighted by Crippen LogP contribution is -2.40. The summed E-state index contributed by atoms with van der Waals surface area (Å²) in [5, 5.41) is 14.8. The molecule has 1 aliphatic heterocycles. The van der Waals surface area contributed by atoms with Crippen LogP contribution < -0.4 is 5.32 Å². The number of oxime groups is 1. The van der Waals surface area contributed by atoms with Crippen LogP contribution in [0.25, 0.3) is 0 Å². The Balaban J connectivity index is 2.03. The van der Waals surface area contributed by atoms with Crippen molar-refractivity contribution in [2.75, 3.05) is 11.5 Å². The molecule has 4 nitrogen and oxygen atoms in total. The maximum Gasteiger partial charge on any atom is 0.251 e. The molecule has 5 heteroatoms. The van der Waals surface area contributed by atoms with Crippen molar-refractivity contribution in [2.45, 2.75) is 6.04 Å². The SMILES string of the molecule is O=C(N[C@H]1CSCC1=NO)c1ccccc1. The molecule has 0 radical (unpaired) electrons. The van der Waals surface area contributed by atoms with Crippen molar-refractivity contribution in [2.24, 2.45) is 5.16 Å². The molecule has 0 aromatic heterocycles. The third-order valence-electron chi connectivity index (χ3n) is 2.41. The van der Waals surface area contributed by atoms with E-state index < -0.39 is 0 Å². The maximum atomic E-state index is 11.8. The molecule has 1 atom stereocenters. The summed E-state index contributed by atoms with van der Waals surface area (Å²) in [5.41, 5.74) is 1.26. The van der Waals surface area contributed by atoms with E-state index in [9.17, 15) is 4.79 Å². The summed E-state index contributed by atoms with van der Waals surface area (Å²) in [6.45, 7) is 0. The monoisotopic (exact) mass is 236 g/mol. The van der Waals surface area contributed by atoms with Crippen molar-refractivity contribution in [1.29, 1.82) is 0 Å². The average molecular weight is 236 g/mol. The van der Waals surface area contributed by atoms with Crippen molar-refractivity contribution in [3.05, 3.63) is 35.9 Å². The highest BCUT2D eigenvalue weighted by Gasteiger charge is 2.25.